The molecular formula is C26H36N6O3. The number of aryl methyl sites for hydroxylation is 2. The van der Waals surface area contributed by atoms with E-state index >= 15 is 0 Å². The topological polar surface area (TPSA) is 98.2 Å². The minimum absolute atomic E-state index is 0.0371. The number of hydrogen-bond donors (Lipinski definition) is 1. The van der Waals surface area contributed by atoms with Crippen LogP contribution in [0.1, 0.15) is 67.6 Å². The lowest BCUT2D eigenvalue weighted by Crippen LogP contribution is -2.38. The van der Waals surface area contributed by atoms with Crippen LogP contribution in [0.25, 0.3) is 10.9 Å². The molecular weight excluding hydrogens is 444 g/mol. The van der Waals surface area contributed by atoms with Gasteiger partial charge in [-0.2, -0.15) is 0 Å². The molecule has 0 bridgehead atoms. The summed E-state index contributed by atoms with van der Waals surface area (Å²) in [5, 5.41) is 13.8. The maximum atomic E-state index is 13.2. The van der Waals surface area contributed by atoms with Gasteiger partial charge in [-0.15, -0.1) is 5.10 Å². The summed E-state index contributed by atoms with van der Waals surface area (Å²) in [6.07, 6.45) is 5.32. The molecule has 4 heterocycles. The van der Waals surface area contributed by atoms with Crippen molar-refractivity contribution in [2.75, 3.05) is 19.8 Å². The van der Waals surface area contributed by atoms with Crippen molar-refractivity contribution in [3.05, 3.63) is 51.1 Å². The zero-order valence-corrected chi connectivity index (χ0v) is 21.0. The molecule has 2 aliphatic rings. The second kappa shape index (κ2) is 10.6. The molecule has 5 rings (SSSR count). The Labute approximate surface area is 205 Å². The molecule has 1 aromatic carbocycles. The standard InChI is InChI=1S/C26H36N6O3/c1-4-23(25-28-29-30-32(25)16-22-8-6-10-35-22)31(15-21-7-5-9-34-21)14-20-13-19-12-17(2)11-18(3)24(19)27-26(20)33/h11-13,21-23H,4-10,14-16H2,1-3H3,(H,27,33)/t21-,22-,23-/m0/s1. The number of ether oxygens (including phenoxy) is 2. The summed E-state index contributed by atoms with van der Waals surface area (Å²) in [6, 6.07) is 6.23. The van der Waals surface area contributed by atoms with Gasteiger partial charge in [0.15, 0.2) is 5.82 Å². The molecule has 2 aromatic heterocycles. The van der Waals surface area contributed by atoms with Crippen molar-refractivity contribution < 1.29 is 9.47 Å². The Balaban J connectivity index is 1.47. The molecule has 2 saturated heterocycles. The predicted octanol–water partition coefficient (Wildman–Crippen LogP) is 3.44. The van der Waals surface area contributed by atoms with E-state index in [9.17, 15) is 4.79 Å². The summed E-state index contributed by atoms with van der Waals surface area (Å²) < 4.78 is 13.7. The third kappa shape index (κ3) is 5.32. The minimum Gasteiger partial charge on any atom is -0.377 e. The summed E-state index contributed by atoms with van der Waals surface area (Å²) >= 11 is 0. The molecule has 2 fully saturated rings. The highest BCUT2D eigenvalue weighted by Gasteiger charge is 2.30. The Morgan fingerprint density at radius 1 is 1.14 bits per heavy atom. The van der Waals surface area contributed by atoms with E-state index in [0.717, 1.165) is 79.7 Å². The zero-order chi connectivity index (χ0) is 24.4. The number of hydrogen-bond acceptors (Lipinski definition) is 7. The van der Waals surface area contributed by atoms with Crippen molar-refractivity contribution in [1.82, 2.24) is 30.1 Å². The summed E-state index contributed by atoms with van der Waals surface area (Å²) in [5.41, 5.74) is 3.87. The third-order valence-corrected chi connectivity index (χ3v) is 7.29. The maximum absolute atomic E-state index is 13.2. The van der Waals surface area contributed by atoms with Crippen molar-refractivity contribution >= 4 is 10.9 Å². The molecule has 3 atom stereocenters. The first kappa shape index (κ1) is 24.1. The van der Waals surface area contributed by atoms with Gasteiger partial charge in [-0.3, -0.25) is 9.69 Å². The van der Waals surface area contributed by atoms with Crippen LogP contribution in [-0.2, 0) is 22.6 Å². The van der Waals surface area contributed by atoms with Crippen molar-refractivity contribution in [2.24, 2.45) is 0 Å². The Bertz CT molecular complexity index is 1210. The van der Waals surface area contributed by atoms with Gasteiger partial charge in [0.05, 0.1) is 30.3 Å². The van der Waals surface area contributed by atoms with Crippen LogP contribution in [0.15, 0.2) is 23.0 Å². The van der Waals surface area contributed by atoms with E-state index in [1.165, 1.54) is 5.56 Å². The van der Waals surface area contributed by atoms with Gasteiger partial charge in [-0.05, 0) is 79.5 Å². The number of rotatable bonds is 9. The average molecular weight is 481 g/mol. The highest BCUT2D eigenvalue weighted by molar-refractivity contribution is 5.82. The second-order valence-corrected chi connectivity index (χ2v) is 10.0. The van der Waals surface area contributed by atoms with Crippen LogP contribution in [0, 0.1) is 13.8 Å². The Morgan fingerprint density at radius 3 is 2.63 bits per heavy atom. The van der Waals surface area contributed by atoms with E-state index in [1.807, 2.05) is 17.7 Å². The number of nitrogens with zero attached hydrogens (tertiary/aromatic N) is 5. The second-order valence-electron chi connectivity index (χ2n) is 10.0. The first-order valence-corrected chi connectivity index (χ1v) is 12.9. The number of aromatic nitrogens is 5. The van der Waals surface area contributed by atoms with Crippen LogP contribution in [0.5, 0.6) is 0 Å². The molecule has 2 aliphatic heterocycles. The summed E-state index contributed by atoms with van der Waals surface area (Å²) in [5.74, 6) is 0.824. The van der Waals surface area contributed by atoms with Crippen molar-refractivity contribution in [3.8, 4) is 0 Å². The van der Waals surface area contributed by atoms with Crippen LogP contribution in [0.3, 0.4) is 0 Å². The molecule has 9 nitrogen and oxygen atoms in total. The number of benzene rings is 1. The lowest BCUT2D eigenvalue weighted by molar-refractivity contribution is 0.0470. The van der Waals surface area contributed by atoms with E-state index < -0.39 is 0 Å². The molecule has 35 heavy (non-hydrogen) atoms. The van der Waals surface area contributed by atoms with E-state index in [-0.39, 0.29) is 23.8 Å². The van der Waals surface area contributed by atoms with Gasteiger partial charge in [-0.25, -0.2) is 4.68 Å². The highest BCUT2D eigenvalue weighted by Crippen LogP contribution is 2.28. The molecule has 1 N–H and O–H groups in total. The number of nitrogens with one attached hydrogen (secondary N) is 1. The van der Waals surface area contributed by atoms with E-state index in [4.69, 9.17) is 9.47 Å². The molecule has 0 unspecified atom stereocenters. The normalized spacial score (nSPS) is 21.4. The molecule has 0 spiro atoms. The molecule has 188 valence electrons. The number of fused-ring (bicyclic) bond motifs is 1. The molecule has 0 radical (unpaired) electrons. The lowest BCUT2D eigenvalue weighted by atomic mass is 10.0. The maximum Gasteiger partial charge on any atom is 0.252 e. The van der Waals surface area contributed by atoms with Gasteiger partial charge in [0.2, 0.25) is 0 Å². The third-order valence-electron chi connectivity index (χ3n) is 7.29. The summed E-state index contributed by atoms with van der Waals surface area (Å²) in [6.45, 7) is 9.75. The van der Waals surface area contributed by atoms with Gasteiger partial charge >= 0.3 is 0 Å². The van der Waals surface area contributed by atoms with Gasteiger partial charge in [0, 0.05) is 31.9 Å². The van der Waals surface area contributed by atoms with Gasteiger partial charge in [0.1, 0.15) is 0 Å². The Hall–Kier alpha value is -2.62. The summed E-state index contributed by atoms with van der Waals surface area (Å²) in [4.78, 5) is 18.6. The first-order valence-electron chi connectivity index (χ1n) is 12.9. The summed E-state index contributed by atoms with van der Waals surface area (Å²) in [7, 11) is 0. The van der Waals surface area contributed by atoms with E-state index in [0.29, 0.717) is 13.1 Å². The zero-order valence-electron chi connectivity index (χ0n) is 21.0. The largest absolute Gasteiger partial charge is 0.377 e. The molecule has 0 amide bonds. The molecule has 3 aromatic rings. The van der Waals surface area contributed by atoms with Crippen molar-refractivity contribution in [3.63, 3.8) is 0 Å². The smallest absolute Gasteiger partial charge is 0.252 e. The lowest BCUT2D eigenvalue weighted by Gasteiger charge is -2.32. The minimum atomic E-state index is -0.0457. The Morgan fingerprint density at radius 2 is 1.91 bits per heavy atom. The van der Waals surface area contributed by atoms with Crippen LogP contribution >= 0.6 is 0 Å². The van der Waals surface area contributed by atoms with Crippen LogP contribution in [-0.4, -0.2) is 62.1 Å². The number of aromatic amines is 1. The van der Waals surface area contributed by atoms with Crippen LogP contribution in [0.2, 0.25) is 0 Å². The fourth-order valence-corrected chi connectivity index (χ4v) is 5.59. The van der Waals surface area contributed by atoms with Gasteiger partial charge < -0.3 is 14.5 Å². The molecule has 9 heteroatoms. The van der Waals surface area contributed by atoms with Crippen molar-refractivity contribution in [1.29, 1.82) is 0 Å². The fourth-order valence-electron chi connectivity index (χ4n) is 5.59. The van der Waals surface area contributed by atoms with Gasteiger partial charge in [-0.1, -0.05) is 18.6 Å². The van der Waals surface area contributed by atoms with E-state index in [1.54, 1.807) is 0 Å². The SMILES string of the molecule is CC[C@@H](c1nnnn1C[C@@H]1CCCO1)N(Cc1cc2cc(C)cc(C)c2[nH]c1=O)C[C@@H]1CCCO1. The first-order chi connectivity index (χ1) is 17.0. The highest BCUT2D eigenvalue weighted by atomic mass is 16.5. The van der Waals surface area contributed by atoms with Gasteiger partial charge in [0.25, 0.3) is 5.56 Å². The van der Waals surface area contributed by atoms with E-state index in [2.05, 4.69) is 51.4 Å². The predicted molar refractivity (Wildman–Crippen MR) is 133 cm³/mol. The van der Waals surface area contributed by atoms with Crippen molar-refractivity contribution in [2.45, 2.75) is 84.2 Å². The van der Waals surface area contributed by atoms with Crippen LogP contribution < -0.4 is 5.56 Å². The molecule has 0 aliphatic carbocycles. The number of pyridine rings is 1. The van der Waals surface area contributed by atoms with Crippen LogP contribution in [0.4, 0.5) is 0 Å². The number of tetrazole rings is 1. The Kier molecular flexibility index (Phi) is 7.27. The number of H-pyrrole nitrogens is 1. The molecule has 0 saturated carbocycles. The fraction of sp³-hybridized carbons (Fsp3) is 0.615. The average Bonchev–Trinajstić information content (AvgIpc) is 3.60. The quantitative estimate of drug-likeness (QED) is 0.501. The monoisotopic (exact) mass is 480 g/mol.